The van der Waals surface area contributed by atoms with Gasteiger partial charge in [-0.1, -0.05) is 42.8 Å². The van der Waals surface area contributed by atoms with Crippen LogP contribution in [0.4, 0.5) is 0 Å². The lowest BCUT2D eigenvalue weighted by molar-refractivity contribution is 0.0698. The van der Waals surface area contributed by atoms with Crippen LogP contribution < -0.4 is 5.43 Å². The molecule has 30 heavy (non-hydrogen) atoms. The van der Waals surface area contributed by atoms with Gasteiger partial charge in [0.1, 0.15) is 11.3 Å². The van der Waals surface area contributed by atoms with Gasteiger partial charge in [-0.25, -0.2) is 4.79 Å². The first kappa shape index (κ1) is 22.1. The number of carboxylic acids is 1. The van der Waals surface area contributed by atoms with Crippen LogP contribution in [0.2, 0.25) is 0 Å². The molecule has 158 valence electrons. The Kier molecular flexibility index (Phi) is 6.95. The molecule has 0 amide bonds. The van der Waals surface area contributed by atoms with Crippen LogP contribution in [0.1, 0.15) is 40.7 Å². The predicted molar refractivity (Wildman–Crippen MR) is 121 cm³/mol. The van der Waals surface area contributed by atoms with Gasteiger partial charge in [0, 0.05) is 17.7 Å². The number of rotatable bonds is 5. The Hall–Kier alpha value is -2.63. The molecule has 0 spiro atoms. The number of nitrogens with zero attached hydrogens (tertiary/aromatic N) is 1. The number of hydrogen-bond acceptors (Lipinski definition) is 4. The van der Waals surface area contributed by atoms with Crippen molar-refractivity contribution >= 4 is 29.3 Å². The Morgan fingerprint density at radius 3 is 2.43 bits per heavy atom. The number of carboxylic acid groups (broad SMARTS) is 1. The fourth-order valence-corrected chi connectivity index (χ4v) is 4.15. The summed E-state index contributed by atoms with van der Waals surface area (Å²) in [6, 6.07) is 12.7. The number of piperidine rings is 1. The average molecular weight is 428 g/mol. The molecule has 2 heterocycles. The molecule has 0 atom stereocenters. The Balaban J connectivity index is 0.00000256. The summed E-state index contributed by atoms with van der Waals surface area (Å²) in [5.41, 5.74) is 2.16. The largest absolute Gasteiger partial charge is 0.478 e. The zero-order valence-corrected chi connectivity index (χ0v) is 17.8. The summed E-state index contributed by atoms with van der Waals surface area (Å²) in [6.07, 6.45) is 4.39. The van der Waals surface area contributed by atoms with Gasteiger partial charge in [0.15, 0.2) is 11.0 Å². The van der Waals surface area contributed by atoms with Crippen molar-refractivity contribution in [1.82, 2.24) is 4.90 Å². The molecule has 1 aliphatic rings. The van der Waals surface area contributed by atoms with E-state index in [1.54, 1.807) is 19.1 Å². The zero-order valence-electron chi connectivity index (χ0n) is 17.0. The fraction of sp³-hybridized carbons (Fsp3) is 0.333. The maximum atomic E-state index is 13.3. The minimum absolute atomic E-state index is 0. The van der Waals surface area contributed by atoms with Crippen LogP contribution in [0.15, 0.2) is 51.7 Å². The maximum absolute atomic E-state index is 13.3. The molecule has 0 radical (unpaired) electrons. The Labute approximate surface area is 181 Å². The van der Waals surface area contributed by atoms with Crippen molar-refractivity contribution < 1.29 is 14.3 Å². The van der Waals surface area contributed by atoms with Crippen molar-refractivity contribution in [2.75, 3.05) is 19.6 Å². The maximum Gasteiger partial charge on any atom is 0.339 e. The van der Waals surface area contributed by atoms with E-state index in [2.05, 4.69) is 4.90 Å². The zero-order chi connectivity index (χ0) is 20.4. The van der Waals surface area contributed by atoms with Crippen molar-refractivity contribution in [2.24, 2.45) is 0 Å². The number of hydrogen-bond donors (Lipinski definition) is 1. The lowest BCUT2D eigenvalue weighted by Gasteiger charge is -2.26. The number of halogens is 1. The van der Waals surface area contributed by atoms with Crippen LogP contribution in [-0.4, -0.2) is 35.6 Å². The summed E-state index contributed by atoms with van der Waals surface area (Å²) in [7, 11) is 0. The second kappa shape index (κ2) is 9.45. The molecule has 3 aromatic rings. The highest BCUT2D eigenvalue weighted by Gasteiger charge is 2.21. The highest BCUT2D eigenvalue weighted by Crippen LogP contribution is 2.29. The van der Waals surface area contributed by atoms with Crippen molar-refractivity contribution in [2.45, 2.75) is 32.6 Å². The van der Waals surface area contributed by atoms with Gasteiger partial charge < -0.3 is 14.4 Å². The van der Waals surface area contributed by atoms with Crippen molar-refractivity contribution in [3.8, 4) is 11.3 Å². The number of likely N-dealkylation sites (tertiary alicyclic amines) is 1. The van der Waals surface area contributed by atoms with E-state index in [4.69, 9.17) is 4.42 Å². The van der Waals surface area contributed by atoms with E-state index < -0.39 is 5.97 Å². The van der Waals surface area contributed by atoms with Crippen molar-refractivity contribution in [1.29, 1.82) is 0 Å². The van der Waals surface area contributed by atoms with Crippen LogP contribution in [0.3, 0.4) is 0 Å². The van der Waals surface area contributed by atoms with Gasteiger partial charge in [-0.15, -0.1) is 12.4 Å². The molecule has 1 saturated heterocycles. The normalized spacial score (nSPS) is 14.4. The lowest BCUT2D eigenvalue weighted by Crippen LogP contribution is -2.31. The summed E-state index contributed by atoms with van der Waals surface area (Å²) in [5, 5.41) is 10.1. The highest BCUT2D eigenvalue weighted by atomic mass is 35.5. The summed E-state index contributed by atoms with van der Waals surface area (Å²) in [6.45, 7) is 4.77. The molecule has 1 aliphatic heterocycles. The number of fused-ring (bicyclic) bond motifs is 1. The summed E-state index contributed by atoms with van der Waals surface area (Å²) in [5.74, 6) is -0.664. The number of aromatic carboxylic acids is 1. The van der Waals surface area contributed by atoms with Crippen LogP contribution >= 0.6 is 12.4 Å². The Morgan fingerprint density at radius 1 is 1.07 bits per heavy atom. The summed E-state index contributed by atoms with van der Waals surface area (Å²) < 4.78 is 6.09. The number of carbonyl (C=O) groups is 1. The fourth-order valence-electron chi connectivity index (χ4n) is 4.15. The Morgan fingerprint density at radius 2 is 1.77 bits per heavy atom. The van der Waals surface area contributed by atoms with Crippen LogP contribution in [-0.2, 0) is 6.42 Å². The summed E-state index contributed by atoms with van der Waals surface area (Å²) >= 11 is 0. The van der Waals surface area contributed by atoms with Gasteiger partial charge >= 0.3 is 5.97 Å². The van der Waals surface area contributed by atoms with Crippen LogP contribution in [0.5, 0.6) is 0 Å². The van der Waals surface area contributed by atoms with Gasteiger partial charge in [-0.05, 0) is 50.9 Å². The molecular weight excluding hydrogens is 402 g/mol. The smallest absolute Gasteiger partial charge is 0.339 e. The Bertz CT molecular complexity index is 1100. The SMILES string of the molecule is Cc1c(-c2ccccc2)oc2c(C(=O)O)ccc(CCN3CCCCC3)c2c1=O.Cl. The van der Waals surface area contributed by atoms with E-state index in [1.807, 2.05) is 30.3 Å². The molecular formula is C24H26ClNO4. The minimum atomic E-state index is -1.09. The molecule has 4 rings (SSSR count). The van der Waals surface area contributed by atoms with Gasteiger partial charge in [-0.2, -0.15) is 0 Å². The highest BCUT2D eigenvalue weighted by molar-refractivity contribution is 6.02. The molecule has 1 N–H and O–H groups in total. The number of benzene rings is 2. The molecule has 1 fully saturated rings. The molecule has 6 heteroatoms. The molecule has 0 aliphatic carbocycles. The lowest BCUT2D eigenvalue weighted by atomic mass is 9.98. The van der Waals surface area contributed by atoms with Crippen molar-refractivity contribution in [3.05, 3.63) is 69.4 Å². The van der Waals surface area contributed by atoms with Crippen LogP contribution in [0.25, 0.3) is 22.3 Å². The van der Waals surface area contributed by atoms with Gasteiger partial charge in [0.25, 0.3) is 0 Å². The third kappa shape index (κ3) is 4.27. The molecule has 5 nitrogen and oxygen atoms in total. The molecule has 2 aromatic carbocycles. The first-order valence-electron chi connectivity index (χ1n) is 10.2. The first-order chi connectivity index (χ1) is 14.1. The molecule has 0 bridgehead atoms. The quantitative estimate of drug-likeness (QED) is 0.626. The molecule has 0 saturated carbocycles. The van der Waals surface area contributed by atoms with E-state index >= 15 is 0 Å². The summed E-state index contributed by atoms with van der Waals surface area (Å²) in [4.78, 5) is 27.5. The van der Waals surface area contributed by atoms with E-state index in [0.717, 1.165) is 30.8 Å². The van der Waals surface area contributed by atoms with Gasteiger partial charge in [-0.3, -0.25) is 4.79 Å². The molecule has 0 unspecified atom stereocenters. The van der Waals surface area contributed by atoms with Crippen molar-refractivity contribution in [3.63, 3.8) is 0 Å². The van der Waals surface area contributed by atoms with Gasteiger partial charge in [0.05, 0.1) is 5.39 Å². The monoisotopic (exact) mass is 427 g/mol. The van der Waals surface area contributed by atoms with Crippen LogP contribution in [0, 0.1) is 6.92 Å². The third-order valence-corrected chi connectivity index (χ3v) is 5.77. The van der Waals surface area contributed by atoms with E-state index in [-0.39, 0.29) is 29.0 Å². The second-order valence-electron chi connectivity index (χ2n) is 7.69. The van der Waals surface area contributed by atoms with E-state index in [0.29, 0.717) is 23.1 Å². The topological polar surface area (TPSA) is 70.8 Å². The third-order valence-electron chi connectivity index (χ3n) is 5.77. The standard InChI is InChI=1S/C24H25NO4.ClH/c1-16-21(26)20-17(12-15-25-13-6-3-7-14-25)10-11-19(24(27)28)23(20)29-22(16)18-8-4-2-5-9-18;/h2,4-5,8-11H,3,6-7,12-15H2,1H3,(H,27,28);1H. The predicted octanol–water partition coefficient (Wildman–Crippen LogP) is 4.92. The average Bonchev–Trinajstić information content (AvgIpc) is 2.75. The van der Waals surface area contributed by atoms with E-state index in [1.165, 1.54) is 19.3 Å². The van der Waals surface area contributed by atoms with E-state index in [9.17, 15) is 14.7 Å². The second-order valence-corrected chi connectivity index (χ2v) is 7.69. The minimum Gasteiger partial charge on any atom is -0.478 e. The molecule has 1 aromatic heterocycles. The van der Waals surface area contributed by atoms with Gasteiger partial charge in [0.2, 0.25) is 0 Å². The first-order valence-corrected chi connectivity index (χ1v) is 10.2.